The Bertz CT molecular complexity index is 370. The minimum absolute atomic E-state index is 0.553. The molecule has 0 fully saturated rings. The zero-order chi connectivity index (χ0) is 15.7. The fourth-order valence-corrected chi connectivity index (χ4v) is 2.32. The second-order valence-electron chi connectivity index (χ2n) is 5.79. The average molecular weight is 297 g/mol. The van der Waals surface area contributed by atoms with Crippen LogP contribution >= 0.6 is 0 Å². The molecule has 0 aliphatic rings. The minimum atomic E-state index is 0.553. The second kappa shape index (κ2) is 9.87. The number of nitrogens with zero attached hydrogens (tertiary/aromatic N) is 4. The van der Waals surface area contributed by atoms with Crippen molar-refractivity contribution in [3.63, 3.8) is 0 Å². The molecule has 6 heteroatoms. The lowest BCUT2D eigenvalue weighted by Crippen LogP contribution is -2.39. The smallest absolute Gasteiger partial charge is 0.0964 e. The number of hydrogen-bond acceptors (Lipinski definition) is 5. The number of aromatic nitrogens is 3. The molecule has 0 amide bonds. The molecule has 1 rings (SSSR count). The van der Waals surface area contributed by atoms with Gasteiger partial charge in [-0.05, 0) is 34.2 Å². The average Bonchev–Trinajstić information content (AvgIpc) is 2.87. The Morgan fingerprint density at radius 1 is 1.24 bits per heavy atom. The Kier molecular flexibility index (Phi) is 8.49. The molecule has 0 saturated carbocycles. The van der Waals surface area contributed by atoms with E-state index in [9.17, 15) is 0 Å². The minimum Gasteiger partial charge on any atom is -0.378 e. The molecule has 0 bridgehead atoms. The van der Waals surface area contributed by atoms with E-state index in [2.05, 4.69) is 55.1 Å². The number of rotatable bonds is 11. The molecule has 1 heterocycles. The normalized spacial score (nSPS) is 12.0. The molecule has 122 valence electrons. The molecule has 1 N–H and O–H groups in total. The lowest BCUT2D eigenvalue weighted by molar-refractivity contribution is 0.0731. The van der Waals surface area contributed by atoms with Gasteiger partial charge in [0.15, 0.2) is 0 Å². The lowest BCUT2D eigenvalue weighted by atomic mass is 10.2. The molecule has 0 radical (unpaired) electrons. The van der Waals surface area contributed by atoms with Gasteiger partial charge in [0, 0.05) is 31.4 Å². The number of hydrogen-bond donors (Lipinski definition) is 1. The van der Waals surface area contributed by atoms with Gasteiger partial charge in [0.2, 0.25) is 0 Å². The van der Waals surface area contributed by atoms with Crippen molar-refractivity contribution in [2.75, 3.05) is 26.3 Å². The van der Waals surface area contributed by atoms with E-state index >= 15 is 0 Å². The summed E-state index contributed by atoms with van der Waals surface area (Å²) >= 11 is 0. The van der Waals surface area contributed by atoms with E-state index < -0.39 is 0 Å². The van der Waals surface area contributed by atoms with Crippen molar-refractivity contribution in [3.05, 3.63) is 11.9 Å². The summed E-state index contributed by atoms with van der Waals surface area (Å²) in [6.45, 7) is 15.8. The number of nitrogens with one attached hydrogen (secondary N) is 1. The third-order valence-electron chi connectivity index (χ3n) is 3.43. The first-order valence-electron chi connectivity index (χ1n) is 7.97. The molecule has 6 nitrogen and oxygen atoms in total. The SMILES string of the molecule is CCNCc1cn(CCOCCN(C(C)C)C(C)C)nn1. The van der Waals surface area contributed by atoms with Crippen LogP contribution in [-0.2, 0) is 17.8 Å². The van der Waals surface area contributed by atoms with Crippen molar-refractivity contribution < 1.29 is 4.74 Å². The van der Waals surface area contributed by atoms with Crippen molar-refractivity contribution in [2.24, 2.45) is 0 Å². The van der Waals surface area contributed by atoms with Gasteiger partial charge in [0.25, 0.3) is 0 Å². The molecule has 0 spiro atoms. The van der Waals surface area contributed by atoms with E-state index in [0.29, 0.717) is 18.7 Å². The molecule has 0 unspecified atom stereocenters. The van der Waals surface area contributed by atoms with Crippen molar-refractivity contribution in [3.8, 4) is 0 Å². The van der Waals surface area contributed by atoms with Crippen molar-refractivity contribution in [2.45, 2.75) is 59.8 Å². The quantitative estimate of drug-likeness (QED) is 0.628. The van der Waals surface area contributed by atoms with E-state index in [1.54, 1.807) is 0 Å². The Morgan fingerprint density at radius 3 is 2.57 bits per heavy atom. The molecule has 0 saturated heterocycles. The molecule has 0 atom stereocenters. The van der Waals surface area contributed by atoms with Crippen LogP contribution in [0.4, 0.5) is 0 Å². The molecular weight excluding hydrogens is 266 g/mol. The van der Waals surface area contributed by atoms with E-state index in [-0.39, 0.29) is 0 Å². The van der Waals surface area contributed by atoms with Gasteiger partial charge in [0.05, 0.1) is 25.5 Å². The predicted octanol–water partition coefficient (Wildman–Crippen LogP) is 1.52. The summed E-state index contributed by atoms with van der Waals surface area (Å²) in [5.41, 5.74) is 0.975. The first-order valence-corrected chi connectivity index (χ1v) is 7.97. The number of ether oxygens (including phenoxy) is 1. The lowest BCUT2D eigenvalue weighted by Gasteiger charge is -2.30. The van der Waals surface area contributed by atoms with Crippen LogP contribution < -0.4 is 5.32 Å². The van der Waals surface area contributed by atoms with Crippen LogP contribution in [0, 0.1) is 0 Å². The van der Waals surface area contributed by atoms with Crippen LogP contribution in [-0.4, -0.2) is 58.3 Å². The van der Waals surface area contributed by atoms with Gasteiger partial charge in [-0.15, -0.1) is 5.10 Å². The van der Waals surface area contributed by atoms with Crippen LogP contribution in [0.2, 0.25) is 0 Å². The maximum atomic E-state index is 5.71. The first-order chi connectivity index (χ1) is 10.0. The van der Waals surface area contributed by atoms with E-state index in [1.165, 1.54) is 0 Å². The summed E-state index contributed by atoms with van der Waals surface area (Å²) in [4.78, 5) is 2.43. The van der Waals surface area contributed by atoms with Crippen LogP contribution in [0.1, 0.15) is 40.3 Å². The summed E-state index contributed by atoms with van der Waals surface area (Å²) in [6.07, 6.45) is 1.97. The van der Waals surface area contributed by atoms with E-state index in [0.717, 1.165) is 38.5 Å². The van der Waals surface area contributed by atoms with Crippen molar-refractivity contribution >= 4 is 0 Å². The summed E-state index contributed by atoms with van der Waals surface area (Å²) in [6, 6.07) is 1.11. The second-order valence-corrected chi connectivity index (χ2v) is 5.79. The molecular formula is C15H31N5O. The highest BCUT2D eigenvalue weighted by molar-refractivity contribution is 4.91. The highest BCUT2D eigenvalue weighted by atomic mass is 16.5. The standard InChI is InChI=1S/C15H31N5O/c1-6-16-11-15-12-19(18-17-15)7-9-21-10-8-20(13(2)3)14(4)5/h12-14,16H,6-11H2,1-5H3. The largest absolute Gasteiger partial charge is 0.378 e. The van der Waals surface area contributed by atoms with Crippen LogP contribution in [0.25, 0.3) is 0 Å². The van der Waals surface area contributed by atoms with Gasteiger partial charge in [-0.25, -0.2) is 4.68 Å². The van der Waals surface area contributed by atoms with Crippen LogP contribution in [0.5, 0.6) is 0 Å². The zero-order valence-electron chi connectivity index (χ0n) is 14.2. The Balaban J connectivity index is 2.17. The fourth-order valence-electron chi connectivity index (χ4n) is 2.32. The summed E-state index contributed by atoms with van der Waals surface area (Å²) in [5, 5.41) is 11.4. The van der Waals surface area contributed by atoms with Crippen molar-refractivity contribution in [1.29, 1.82) is 0 Å². The van der Waals surface area contributed by atoms with E-state index in [1.807, 2.05) is 10.9 Å². The van der Waals surface area contributed by atoms with Crippen LogP contribution in [0.15, 0.2) is 6.20 Å². The zero-order valence-corrected chi connectivity index (χ0v) is 14.2. The van der Waals surface area contributed by atoms with Gasteiger partial charge in [-0.1, -0.05) is 12.1 Å². The third kappa shape index (κ3) is 7.02. The van der Waals surface area contributed by atoms with Gasteiger partial charge < -0.3 is 10.1 Å². The maximum absolute atomic E-state index is 5.71. The Morgan fingerprint density at radius 2 is 1.95 bits per heavy atom. The molecule has 0 aliphatic carbocycles. The van der Waals surface area contributed by atoms with Gasteiger partial charge >= 0.3 is 0 Å². The van der Waals surface area contributed by atoms with Gasteiger partial charge in [-0.2, -0.15) is 0 Å². The third-order valence-corrected chi connectivity index (χ3v) is 3.43. The molecule has 1 aromatic rings. The Labute approximate surface area is 128 Å². The monoisotopic (exact) mass is 297 g/mol. The molecule has 0 aliphatic heterocycles. The van der Waals surface area contributed by atoms with Crippen molar-refractivity contribution in [1.82, 2.24) is 25.2 Å². The van der Waals surface area contributed by atoms with Gasteiger partial charge in [0.1, 0.15) is 0 Å². The Hall–Kier alpha value is -0.980. The molecule has 21 heavy (non-hydrogen) atoms. The van der Waals surface area contributed by atoms with E-state index in [4.69, 9.17) is 4.74 Å². The summed E-state index contributed by atoms with van der Waals surface area (Å²) in [7, 11) is 0. The highest BCUT2D eigenvalue weighted by Crippen LogP contribution is 2.04. The predicted molar refractivity (Wildman–Crippen MR) is 85.2 cm³/mol. The topological polar surface area (TPSA) is 55.2 Å². The summed E-state index contributed by atoms with van der Waals surface area (Å²) in [5.74, 6) is 0. The highest BCUT2D eigenvalue weighted by Gasteiger charge is 2.12. The molecule has 1 aromatic heterocycles. The van der Waals surface area contributed by atoms with Crippen LogP contribution in [0.3, 0.4) is 0 Å². The van der Waals surface area contributed by atoms with Gasteiger partial charge in [-0.3, -0.25) is 4.90 Å². The fraction of sp³-hybridized carbons (Fsp3) is 0.867. The first kappa shape index (κ1) is 18.1. The summed E-state index contributed by atoms with van der Waals surface area (Å²) < 4.78 is 7.56. The maximum Gasteiger partial charge on any atom is 0.0964 e. The molecule has 0 aromatic carbocycles.